The molecule has 0 amide bonds. The normalized spacial score (nSPS) is 11.6. The molecule has 0 aliphatic carbocycles. The van der Waals surface area contributed by atoms with Gasteiger partial charge in [0.25, 0.3) is 0 Å². The largest absolute Gasteiger partial charge is 0.508 e. The first-order valence-electron chi connectivity index (χ1n) is 9.61. The Morgan fingerprint density at radius 3 is 2.28 bits per heavy atom. The van der Waals surface area contributed by atoms with Crippen LogP contribution < -0.4 is 0 Å². The van der Waals surface area contributed by atoms with Crippen LogP contribution in [0.25, 0.3) is 6.08 Å². The highest BCUT2D eigenvalue weighted by Crippen LogP contribution is 2.29. The molecule has 0 atom stereocenters. The third-order valence-corrected chi connectivity index (χ3v) is 4.54. The number of hydrogen-bond acceptors (Lipinski definition) is 4. The summed E-state index contributed by atoms with van der Waals surface area (Å²) in [6, 6.07) is 9.19. The van der Waals surface area contributed by atoms with Crippen molar-refractivity contribution in [1.29, 1.82) is 0 Å². The molecule has 0 bridgehead atoms. The Hall–Kier alpha value is -3.27. The molecule has 0 unspecified atom stereocenters. The minimum atomic E-state index is -0.360. The minimum Gasteiger partial charge on any atom is -0.508 e. The van der Waals surface area contributed by atoms with Gasteiger partial charge in [0, 0.05) is 6.07 Å². The number of rotatable bonds is 8. The molecule has 0 saturated heterocycles. The van der Waals surface area contributed by atoms with Crippen LogP contribution in [0.4, 0.5) is 0 Å². The summed E-state index contributed by atoms with van der Waals surface area (Å²) in [4.78, 5) is 12.5. The van der Waals surface area contributed by atoms with E-state index in [1.54, 1.807) is 18.2 Å². The Bertz CT molecular complexity index is 944. The maximum Gasteiger partial charge on any atom is 0.189 e. The van der Waals surface area contributed by atoms with Crippen LogP contribution in [-0.4, -0.2) is 21.1 Å². The lowest BCUT2D eigenvalue weighted by atomic mass is 10.0. The second-order valence-electron chi connectivity index (χ2n) is 7.36. The molecule has 0 spiro atoms. The average Bonchev–Trinajstić information content (AvgIpc) is 2.66. The molecule has 0 aromatic heterocycles. The molecule has 0 heterocycles. The molecule has 0 fully saturated rings. The first kappa shape index (κ1) is 22.0. The first-order valence-corrected chi connectivity index (χ1v) is 9.61. The van der Waals surface area contributed by atoms with Crippen LogP contribution in [-0.2, 0) is 6.42 Å². The van der Waals surface area contributed by atoms with Gasteiger partial charge < -0.3 is 15.3 Å². The standard InChI is InChI=1S/C25H28O4/c1-17(2)5-4-6-18(3)7-11-20-15-22(25(29)16-24(20)28)23(27)14-10-19-8-12-21(26)13-9-19/h5,7-10,12-16,26,28-29H,4,6,11H2,1-3H3/b14-10?,18-7+. The van der Waals surface area contributed by atoms with Crippen LogP contribution in [0.15, 0.2) is 65.8 Å². The number of benzene rings is 2. The molecule has 0 aliphatic heterocycles. The Labute approximate surface area is 172 Å². The van der Waals surface area contributed by atoms with Gasteiger partial charge in [0.15, 0.2) is 5.78 Å². The number of carbonyl (C=O) groups excluding carboxylic acids is 1. The summed E-state index contributed by atoms with van der Waals surface area (Å²) in [5.41, 5.74) is 3.98. The molecule has 29 heavy (non-hydrogen) atoms. The quantitative estimate of drug-likeness (QED) is 0.295. The smallest absolute Gasteiger partial charge is 0.189 e. The Balaban J connectivity index is 2.14. The lowest BCUT2D eigenvalue weighted by Crippen LogP contribution is -1.97. The molecule has 0 saturated carbocycles. The average molecular weight is 392 g/mol. The SMILES string of the molecule is CC(C)=CCC/C(C)=C/Cc1cc(C(=O)C=Cc2ccc(O)cc2)c(O)cc1O. The number of allylic oxidation sites excluding steroid dienone is 5. The van der Waals surface area contributed by atoms with E-state index in [9.17, 15) is 20.1 Å². The predicted octanol–water partition coefficient (Wildman–Crippen LogP) is 5.93. The molecule has 4 nitrogen and oxygen atoms in total. The van der Waals surface area contributed by atoms with Crippen molar-refractivity contribution >= 4 is 11.9 Å². The lowest BCUT2D eigenvalue weighted by Gasteiger charge is -2.08. The monoisotopic (exact) mass is 392 g/mol. The van der Waals surface area contributed by atoms with E-state index >= 15 is 0 Å². The summed E-state index contributed by atoms with van der Waals surface area (Å²) in [7, 11) is 0. The molecule has 4 heteroatoms. The number of hydrogen-bond donors (Lipinski definition) is 3. The molecular weight excluding hydrogens is 364 g/mol. The van der Waals surface area contributed by atoms with Crippen molar-refractivity contribution in [3.05, 3.63) is 82.5 Å². The zero-order valence-electron chi connectivity index (χ0n) is 17.1. The fourth-order valence-electron chi connectivity index (χ4n) is 2.80. The van der Waals surface area contributed by atoms with Gasteiger partial charge in [-0.1, -0.05) is 41.5 Å². The van der Waals surface area contributed by atoms with Crippen LogP contribution in [0.2, 0.25) is 0 Å². The van der Waals surface area contributed by atoms with Crippen LogP contribution in [0.5, 0.6) is 17.2 Å². The number of aromatic hydroxyl groups is 3. The highest BCUT2D eigenvalue weighted by molar-refractivity contribution is 6.08. The number of carbonyl (C=O) groups is 1. The summed E-state index contributed by atoms with van der Waals surface area (Å²) < 4.78 is 0. The van der Waals surface area contributed by atoms with Crippen molar-refractivity contribution in [2.24, 2.45) is 0 Å². The van der Waals surface area contributed by atoms with Crippen LogP contribution in [0, 0.1) is 0 Å². The Kier molecular flexibility index (Phi) is 7.84. The summed E-state index contributed by atoms with van der Waals surface area (Å²) >= 11 is 0. The van der Waals surface area contributed by atoms with Crippen LogP contribution >= 0.6 is 0 Å². The van der Waals surface area contributed by atoms with E-state index in [0.717, 1.165) is 18.4 Å². The summed E-state index contributed by atoms with van der Waals surface area (Å²) in [6.45, 7) is 6.19. The van der Waals surface area contributed by atoms with Gasteiger partial charge in [0.1, 0.15) is 17.2 Å². The van der Waals surface area contributed by atoms with Gasteiger partial charge in [-0.25, -0.2) is 0 Å². The van der Waals surface area contributed by atoms with Crippen molar-refractivity contribution in [2.45, 2.75) is 40.0 Å². The van der Waals surface area contributed by atoms with Gasteiger partial charge in [-0.2, -0.15) is 0 Å². The Morgan fingerprint density at radius 2 is 1.62 bits per heavy atom. The van der Waals surface area contributed by atoms with E-state index in [4.69, 9.17) is 0 Å². The minimum absolute atomic E-state index is 0.0325. The third kappa shape index (κ3) is 7.00. The summed E-state index contributed by atoms with van der Waals surface area (Å²) in [5, 5.41) is 29.5. The molecule has 0 radical (unpaired) electrons. The fourth-order valence-corrected chi connectivity index (χ4v) is 2.80. The van der Waals surface area contributed by atoms with Crippen molar-refractivity contribution in [3.63, 3.8) is 0 Å². The number of ketones is 1. The molecule has 0 aliphatic rings. The zero-order valence-corrected chi connectivity index (χ0v) is 17.1. The predicted molar refractivity (Wildman–Crippen MR) is 117 cm³/mol. The zero-order chi connectivity index (χ0) is 21.4. The van der Waals surface area contributed by atoms with E-state index in [2.05, 4.69) is 19.9 Å². The van der Waals surface area contributed by atoms with Crippen LogP contribution in [0.3, 0.4) is 0 Å². The molecule has 152 valence electrons. The molecule has 2 rings (SSSR count). The fraction of sp³-hybridized carbons (Fsp3) is 0.240. The van der Waals surface area contributed by atoms with Gasteiger partial charge in [0.05, 0.1) is 5.56 Å². The summed E-state index contributed by atoms with van der Waals surface area (Å²) in [6.07, 6.45) is 9.58. The van der Waals surface area contributed by atoms with Crippen molar-refractivity contribution in [2.75, 3.05) is 0 Å². The second-order valence-corrected chi connectivity index (χ2v) is 7.36. The van der Waals surface area contributed by atoms with Gasteiger partial charge in [-0.3, -0.25) is 4.79 Å². The van der Waals surface area contributed by atoms with Gasteiger partial charge >= 0.3 is 0 Å². The third-order valence-electron chi connectivity index (χ3n) is 4.54. The van der Waals surface area contributed by atoms with E-state index in [-0.39, 0.29) is 28.6 Å². The molecule has 3 N–H and O–H groups in total. The van der Waals surface area contributed by atoms with E-state index in [1.165, 1.54) is 41.5 Å². The maximum absolute atomic E-state index is 12.5. The van der Waals surface area contributed by atoms with Gasteiger partial charge in [0.2, 0.25) is 0 Å². The van der Waals surface area contributed by atoms with E-state index in [0.29, 0.717) is 12.0 Å². The Morgan fingerprint density at radius 1 is 0.931 bits per heavy atom. The first-order chi connectivity index (χ1) is 13.8. The summed E-state index contributed by atoms with van der Waals surface area (Å²) in [5.74, 6) is -0.495. The molecular formula is C25H28O4. The van der Waals surface area contributed by atoms with Crippen molar-refractivity contribution in [1.82, 2.24) is 0 Å². The highest BCUT2D eigenvalue weighted by Gasteiger charge is 2.13. The molecule has 2 aromatic carbocycles. The van der Waals surface area contributed by atoms with Crippen molar-refractivity contribution in [3.8, 4) is 17.2 Å². The van der Waals surface area contributed by atoms with Gasteiger partial charge in [-0.05, 0) is 75.4 Å². The number of phenolic OH excluding ortho intramolecular Hbond substituents is 3. The molecule has 2 aromatic rings. The van der Waals surface area contributed by atoms with Gasteiger partial charge in [-0.15, -0.1) is 0 Å². The highest BCUT2D eigenvalue weighted by atomic mass is 16.3. The maximum atomic E-state index is 12.5. The number of phenols is 3. The van der Waals surface area contributed by atoms with E-state index in [1.807, 2.05) is 13.0 Å². The van der Waals surface area contributed by atoms with Crippen LogP contribution in [0.1, 0.15) is 55.1 Å². The van der Waals surface area contributed by atoms with E-state index < -0.39 is 0 Å². The topological polar surface area (TPSA) is 77.8 Å². The second kappa shape index (κ2) is 10.3. The van der Waals surface area contributed by atoms with Crippen molar-refractivity contribution < 1.29 is 20.1 Å². The lowest BCUT2D eigenvalue weighted by molar-refractivity contribution is 0.104.